The van der Waals surface area contributed by atoms with Crippen molar-refractivity contribution in [2.75, 3.05) is 0 Å². The van der Waals surface area contributed by atoms with Gasteiger partial charge in [0.2, 0.25) is 5.89 Å². The Morgan fingerprint density at radius 2 is 2.21 bits per heavy atom. The van der Waals surface area contributed by atoms with Crippen LogP contribution in [0, 0.1) is 13.8 Å². The summed E-state index contributed by atoms with van der Waals surface area (Å²) in [6.07, 6.45) is 0. The molecule has 1 N–H and O–H groups in total. The second kappa shape index (κ2) is 5.75. The number of oxazole rings is 1. The fourth-order valence-corrected chi connectivity index (χ4v) is 2.40. The molecule has 0 saturated carbocycles. The van der Waals surface area contributed by atoms with E-state index in [-0.39, 0.29) is 12.5 Å². The zero-order valence-electron chi connectivity index (χ0n) is 10.5. The zero-order valence-corrected chi connectivity index (χ0v) is 12.8. The van der Waals surface area contributed by atoms with Crippen molar-refractivity contribution in [2.45, 2.75) is 20.4 Å². The number of amides is 1. The molecule has 6 heteroatoms. The fraction of sp³-hybridized carbons (Fsp3) is 0.231. The minimum absolute atomic E-state index is 0.211. The van der Waals surface area contributed by atoms with Gasteiger partial charge in [0.15, 0.2) is 0 Å². The highest BCUT2D eigenvalue weighted by atomic mass is 79.9. The number of carbonyl (C=O) groups is 1. The van der Waals surface area contributed by atoms with Crippen molar-refractivity contribution in [3.63, 3.8) is 0 Å². The number of hydrogen-bond donors (Lipinski definition) is 1. The molecule has 19 heavy (non-hydrogen) atoms. The summed E-state index contributed by atoms with van der Waals surface area (Å²) in [5.74, 6) is 1.04. The first kappa shape index (κ1) is 14.1. The van der Waals surface area contributed by atoms with Crippen molar-refractivity contribution >= 4 is 33.4 Å². The summed E-state index contributed by atoms with van der Waals surface area (Å²) in [6.45, 7) is 3.95. The van der Waals surface area contributed by atoms with Crippen LogP contribution < -0.4 is 5.32 Å². The van der Waals surface area contributed by atoms with Gasteiger partial charge in [-0.2, -0.15) is 0 Å². The lowest BCUT2D eigenvalue weighted by Gasteiger charge is -2.05. The van der Waals surface area contributed by atoms with Gasteiger partial charge in [0.05, 0.1) is 17.8 Å². The van der Waals surface area contributed by atoms with Gasteiger partial charge in [-0.15, -0.1) is 0 Å². The maximum absolute atomic E-state index is 12.0. The number of aryl methyl sites for hydroxylation is 2. The SMILES string of the molecule is Cc1nc(CNC(=O)c2ccc(Cl)cc2Br)oc1C. The summed E-state index contributed by atoms with van der Waals surface area (Å²) in [4.78, 5) is 16.2. The molecule has 1 aromatic heterocycles. The van der Waals surface area contributed by atoms with Gasteiger partial charge in [0, 0.05) is 9.50 Å². The number of nitrogens with zero attached hydrogens (tertiary/aromatic N) is 1. The van der Waals surface area contributed by atoms with Gasteiger partial charge in [-0.3, -0.25) is 4.79 Å². The largest absolute Gasteiger partial charge is 0.444 e. The molecule has 0 saturated heterocycles. The summed E-state index contributed by atoms with van der Waals surface area (Å²) in [6, 6.07) is 5.00. The van der Waals surface area contributed by atoms with Gasteiger partial charge >= 0.3 is 0 Å². The minimum atomic E-state index is -0.211. The first-order valence-electron chi connectivity index (χ1n) is 5.63. The van der Waals surface area contributed by atoms with Crippen molar-refractivity contribution in [1.29, 1.82) is 0 Å². The molecule has 4 nitrogen and oxygen atoms in total. The van der Waals surface area contributed by atoms with Crippen molar-refractivity contribution in [1.82, 2.24) is 10.3 Å². The number of benzene rings is 1. The minimum Gasteiger partial charge on any atom is -0.444 e. The number of hydrogen-bond acceptors (Lipinski definition) is 3. The van der Waals surface area contributed by atoms with E-state index in [1.807, 2.05) is 13.8 Å². The molecule has 0 bridgehead atoms. The van der Waals surface area contributed by atoms with Crippen LogP contribution in [0.2, 0.25) is 5.02 Å². The van der Waals surface area contributed by atoms with Gasteiger partial charge in [-0.1, -0.05) is 11.6 Å². The summed E-state index contributed by atoms with van der Waals surface area (Å²) < 4.78 is 6.04. The average molecular weight is 344 g/mol. The third-order valence-electron chi connectivity index (χ3n) is 2.65. The Bertz CT molecular complexity index is 606. The monoisotopic (exact) mass is 342 g/mol. The normalized spacial score (nSPS) is 10.5. The quantitative estimate of drug-likeness (QED) is 0.925. The molecule has 0 unspecified atom stereocenters. The molecule has 0 aliphatic rings. The second-order valence-electron chi connectivity index (χ2n) is 4.06. The Labute approximate surface area is 124 Å². The molecule has 1 amide bonds. The maximum atomic E-state index is 12.0. The molecule has 2 rings (SSSR count). The van der Waals surface area contributed by atoms with Crippen LogP contribution in [0.4, 0.5) is 0 Å². The lowest BCUT2D eigenvalue weighted by Crippen LogP contribution is -2.23. The summed E-state index contributed by atoms with van der Waals surface area (Å²) in [5, 5.41) is 3.32. The van der Waals surface area contributed by atoms with E-state index in [4.69, 9.17) is 16.0 Å². The molecular formula is C13H12BrClN2O2. The van der Waals surface area contributed by atoms with Crippen LogP contribution in [0.3, 0.4) is 0 Å². The fourth-order valence-electron chi connectivity index (χ4n) is 1.54. The van der Waals surface area contributed by atoms with Gasteiger partial charge in [0.25, 0.3) is 5.91 Å². The number of halogens is 2. The van der Waals surface area contributed by atoms with Crippen LogP contribution in [0.5, 0.6) is 0 Å². The van der Waals surface area contributed by atoms with E-state index in [0.29, 0.717) is 20.9 Å². The second-order valence-corrected chi connectivity index (χ2v) is 5.35. The van der Waals surface area contributed by atoms with E-state index < -0.39 is 0 Å². The molecule has 0 aliphatic carbocycles. The van der Waals surface area contributed by atoms with Crippen molar-refractivity contribution in [3.05, 3.63) is 50.6 Å². The van der Waals surface area contributed by atoms with Gasteiger partial charge in [-0.25, -0.2) is 4.98 Å². The molecule has 2 aromatic rings. The summed E-state index contributed by atoms with van der Waals surface area (Å²) in [7, 11) is 0. The Hall–Kier alpha value is -1.33. The molecule has 0 atom stereocenters. The zero-order chi connectivity index (χ0) is 14.0. The van der Waals surface area contributed by atoms with E-state index in [0.717, 1.165) is 11.5 Å². The Kier molecular flexibility index (Phi) is 4.27. The molecule has 0 fully saturated rings. The van der Waals surface area contributed by atoms with Gasteiger partial charge in [-0.05, 0) is 48.0 Å². The van der Waals surface area contributed by atoms with Crippen molar-refractivity contribution < 1.29 is 9.21 Å². The molecule has 0 aliphatic heterocycles. The summed E-state index contributed by atoms with van der Waals surface area (Å²) >= 11 is 9.13. The predicted octanol–water partition coefficient (Wildman–Crippen LogP) is 3.64. The highest BCUT2D eigenvalue weighted by Crippen LogP contribution is 2.21. The number of rotatable bonds is 3. The van der Waals surface area contributed by atoms with Crippen molar-refractivity contribution in [3.8, 4) is 0 Å². The number of aromatic nitrogens is 1. The van der Waals surface area contributed by atoms with Crippen LogP contribution in [0.15, 0.2) is 27.1 Å². The van der Waals surface area contributed by atoms with E-state index in [2.05, 4.69) is 26.2 Å². The van der Waals surface area contributed by atoms with Crippen molar-refractivity contribution in [2.24, 2.45) is 0 Å². The van der Waals surface area contributed by atoms with E-state index in [1.54, 1.807) is 18.2 Å². The highest BCUT2D eigenvalue weighted by Gasteiger charge is 2.12. The predicted molar refractivity (Wildman–Crippen MR) is 76.3 cm³/mol. The average Bonchev–Trinajstić information content (AvgIpc) is 2.66. The molecule has 0 radical (unpaired) electrons. The van der Waals surface area contributed by atoms with Crippen LogP contribution in [0.1, 0.15) is 27.7 Å². The van der Waals surface area contributed by atoms with E-state index in [9.17, 15) is 4.79 Å². The first-order valence-corrected chi connectivity index (χ1v) is 6.80. The van der Waals surface area contributed by atoms with Crippen LogP contribution in [-0.2, 0) is 6.54 Å². The van der Waals surface area contributed by atoms with Crippen LogP contribution in [0.25, 0.3) is 0 Å². The summed E-state index contributed by atoms with van der Waals surface area (Å²) in [5.41, 5.74) is 1.35. The van der Waals surface area contributed by atoms with Gasteiger partial charge in [0.1, 0.15) is 5.76 Å². The van der Waals surface area contributed by atoms with Crippen LogP contribution >= 0.6 is 27.5 Å². The Morgan fingerprint density at radius 3 is 2.79 bits per heavy atom. The molecule has 0 spiro atoms. The van der Waals surface area contributed by atoms with E-state index in [1.165, 1.54) is 0 Å². The van der Waals surface area contributed by atoms with Gasteiger partial charge < -0.3 is 9.73 Å². The lowest BCUT2D eigenvalue weighted by atomic mass is 10.2. The topological polar surface area (TPSA) is 55.1 Å². The molecule has 100 valence electrons. The molecular weight excluding hydrogens is 332 g/mol. The molecule has 1 heterocycles. The Morgan fingerprint density at radius 1 is 1.47 bits per heavy atom. The maximum Gasteiger partial charge on any atom is 0.252 e. The third kappa shape index (κ3) is 3.36. The number of nitrogens with one attached hydrogen (secondary N) is 1. The van der Waals surface area contributed by atoms with Crippen LogP contribution in [-0.4, -0.2) is 10.9 Å². The third-order valence-corrected chi connectivity index (χ3v) is 3.54. The lowest BCUT2D eigenvalue weighted by molar-refractivity contribution is 0.0946. The first-order chi connectivity index (χ1) is 8.97. The Balaban J connectivity index is 2.05. The standard InChI is InChI=1S/C13H12BrClN2O2/c1-7-8(2)19-12(17-7)6-16-13(18)10-4-3-9(15)5-11(10)14/h3-5H,6H2,1-2H3,(H,16,18). The number of carbonyl (C=O) groups excluding carboxylic acids is 1. The van der Waals surface area contributed by atoms with E-state index >= 15 is 0 Å². The highest BCUT2D eigenvalue weighted by molar-refractivity contribution is 9.10. The smallest absolute Gasteiger partial charge is 0.252 e. The molecule has 1 aromatic carbocycles.